The van der Waals surface area contributed by atoms with E-state index >= 15 is 0 Å². The van der Waals surface area contributed by atoms with Gasteiger partial charge >= 0.3 is 0 Å². The van der Waals surface area contributed by atoms with E-state index in [9.17, 15) is 9.59 Å². The molecule has 1 unspecified atom stereocenters. The van der Waals surface area contributed by atoms with Crippen molar-refractivity contribution in [3.8, 4) is 0 Å². The number of hydrogen-bond donors (Lipinski definition) is 1. The van der Waals surface area contributed by atoms with Crippen LogP contribution in [0, 0.1) is 5.92 Å². The zero-order chi connectivity index (χ0) is 15.0. The molecule has 0 aromatic heterocycles. The largest absolute Gasteiger partial charge is 0.340 e. The lowest BCUT2D eigenvalue weighted by Crippen LogP contribution is -2.71. The molecule has 21 heavy (non-hydrogen) atoms. The summed E-state index contributed by atoms with van der Waals surface area (Å²) in [6.45, 7) is 4.66. The van der Waals surface area contributed by atoms with Crippen LogP contribution in [-0.2, 0) is 9.59 Å². The van der Waals surface area contributed by atoms with Crippen molar-refractivity contribution in [1.82, 2.24) is 10.2 Å². The van der Waals surface area contributed by atoms with Gasteiger partial charge in [-0.1, -0.05) is 30.9 Å². The zero-order valence-corrected chi connectivity index (χ0v) is 13.2. The maximum Gasteiger partial charge on any atom is 0.249 e. The fourth-order valence-electron chi connectivity index (χ4n) is 3.76. The molecule has 3 fully saturated rings. The highest BCUT2D eigenvalue weighted by atomic mass is 16.2. The number of piperazine rings is 1. The standard InChI is InChI=1S/C17H26N2O2/c1-12(2)8-11-19-14(13-6-7-13)15(20)18-17(16(19)21)9-4-3-5-10-17/h8,13-14H,3-7,9-11H2,1-2H3,(H,18,20). The molecule has 0 radical (unpaired) electrons. The SMILES string of the molecule is CC(C)=CCN1C(=O)C2(CCCCC2)NC(=O)C1C1CC1. The third-order valence-corrected chi connectivity index (χ3v) is 5.11. The number of rotatable bonds is 3. The molecule has 116 valence electrons. The van der Waals surface area contributed by atoms with Gasteiger partial charge in [0.25, 0.3) is 0 Å². The number of amides is 2. The van der Waals surface area contributed by atoms with Crippen molar-refractivity contribution in [2.45, 2.75) is 70.4 Å². The van der Waals surface area contributed by atoms with Gasteiger partial charge in [-0.25, -0.2) is 0 Å². The molecule has 2 saturated carbocycles. The minimum atomic E-state index is -0.601. The van der Waals surface area contributed by atoms with Crippen LogP contribution in [0.2, 0.25) is 0 Å². The lowest BCUT2D eigenvalue weighted by molar-refractivity contribution is -0.156. The Labute approximate surface area is 127 Å². The molecule has 4 heteroatoms. The highest BCUT2D eigenvalue weighted by molar-refractivity contribution is 6.00. The minimum Gasteiger partial charge on any atom is -0.340 e. The number of carbonyl (C=O) groups is 2. The van der Waals surface area contributed by atoms with Crippen LogP contribution in [0.25, 0.3) is 0 Å². The Morgan fingerprint density at radius 3 is 2.48 bits per heavy atom. The Morgan fingerprint density at radius 2 is 1.90 bits per heavy atom. The van der Waals surface area contributed by atoms with Crippen molar-refractivity contribution < 1.29 is 9.59 Å². The van der Waals surface area contributed by atoms with E-state index in [0.29, 0.717) is 12.5 Å². The Balaban J connectivity index is 1.87. The summed E-state index contributed by atoms with van der Waals surface area (Å²) in [6, 6.07) is -0.236. The molecule has 1 N–H and O–H groups in total. The molecule has 2 amide bonds. The average Bonchev–Trinajstić information content (AvgIpc) is 3.26. The molecule has 0 bridgehead atoms. The molecule has 1 spiro atoms. The zero-order valence-electron chi connectivity index (χ0n) is 13.2. The van der Waals surface area contributed by atoms with Gasteiger partial charge in [-0.15, -0.1) is 0 Å². The lowest BCUT2D eigenvalue weighted by atomic mass is 9.78. The molecule has 2 aliphatic carbocycles. The van der Waals surface area contributed by atoms with E-state index in [2.05, 4.69) is 11.4 Å². The van der Waals surface area contributed by atoms with Crippen molar-refractivity contribution in [2.75, 3.05) is 6.54 Å². The third kappa shape index (κ3) is 2.72. The fraction of sp³-hybridized carbons (Fsp3) is 0.765. The van der Waals surface area contributed by atoms with Crippen LogP contribution < -0.4 is 5.32 Å². The van der Waals surface area contributed by atoms with Gasteiger partial charge in [-0.05, 0) is 45.4 Å². The second kappa shape index (κ2) is 5.47. The quantitative estimate of drug-likeness (QED) is 0.811. The van der Waals surface area contributed by atoms with Gasteiger partial charge in [0.2, 0.25) is 11.8 Å². The maximum atomic E-state index is 13.1. The molecule has 1 saturated heterocycles. The van der Waals surface area contributed by atoms with Crippen molar-refractivity contribution >= 4 is 11.8 Å². The van der Waals surface area contributed by atoms with Gasteiger partial charge in [0.1, 0.15) is 11.6 Å². The molecule has 3 rings (SSSR count). The van der Waals surface area contributed by atoms with E-state index < -0.39 is 5.54 Å². The molecular formula is C17H26N2O2. The number of nitrogens with zero attached hydrogens (tertiary/aromatic N) is 1. The monoisotopic (exact) mass is 290 g/mol. The van der Waals surface area contributed by atoms with E-state index in [1.54, 1.807) is 0 Å². The average molecular weight is 290 g/mol. The van der Waals surface area contributed by atoms with Crippen molar-refractivity contribution in [2.24, 2.45) is 5.92 Å². The van der Waals surface area contributed by atoms with E-state index in [1.807, 2.05) is 18.7 Å². The summed E-state index contributed by atoms with van der Waals surface area (Å²) in [5.74, 6) is 0.623. The second-order valence-electron chi connectivity index (χ2n) is 7.15. The van der Waals surface area contributed by atoms with E-state index in [4.69, 9.17) is 0 Å². The van der Waals surface area contributed by atoms with Crippen LogP contribution in [0.1, 0.15) is 58.8 Å². The van der Waals surface area contributed by atoms with Gasteiger partial charge in [0.15, 0.2) is 0 Å². The third-order valence-electron chi connectivity index (χ3n) is 5.11. The number of nitrogens with one attached hydrogen (secondary N) is 1. The predicted molar refractivity (Wildman–Crippen MR) is 81.6 cm³/mol. The molecule has 4 nitrogen and oxygen atoms in total. The highest BCUT2D eigenvalue weighted by Gasteiger charge is 2.54. The Kier molecular flexibility index (Phi) is 3.80. The first-order valence-corrected chi connectivity index (χ1v) is 8.30. The summed E-state index contributed by atoms with van der Waals surface area (Å²) < 4.78 is 0. The van der Waals surface area contributed by atoms with Crippen molar-refractivity contribution in [3.05, 3.63) is 11.6 Å². The van der Waals surface area contributed by atoms with Crippen LogP contribution in [0.3, 0.4) is 0 Å². The van der Waals surface area contributed by atoms with Crippen LogP contribution >= 0.6 is 0 Å². The molecule has 3 aliphatic rings. The molecule has 0 aromatic rings. The van der Waals surface area contributed by atoms with Crippen LogP contribution in [0.4, 0.5) is 0 Å². The number of hydrogen-bond acceptors (Lipinski definition) is 2. The normalized spacial score (nSPS) is 28.5. The van der Waals surface area contributed by atoms with Crippen molar-refractivity contribution in [3.63, 3.8) is 0 Å². The van der Waals surface area contributed by atoms with Gasteiger partial charge in [-0.2, -0.15) is 0 Å². The van der Waals surface area contributed by atoms with Gasteiger partial charge in [0.05, 0.1) is 0 Å². The number of allylic oxidation sites excluding steroid dienone is 1. The summed E-state index contributed by atoms with van der Waals surface area (Å²) in [5.41, 5.74) is 0.594. The highest BCUT2D eigenvalue weighted by Crippen LogP contribution is 2.41. The van der Waals surface area contributed by atoms with Crippen LogP contribution in [-0.4, -0.2) is 34.8 Å². The summed E-state index contributed by atoms with van der Waals surface area (Å²) in [7, 11) is 0. The Morgan fingerprint density at radius 1 is 1.24 bits per heavy atom. The first kappa shape index (κ1) is 14.6. The first-order chi connectivity index (χ1) is 10.0. The van der Waals surface area contributed by atoms with Gasteiger partial charge in [-0.3, -0.25) is 9.59 Å². The Hall–Kier alpha value is -1.32. The smallest absolute Gasteiger partial charge is 0.249 e. The minimum absolute atomic E-state index is 0.0844. The predicted octanol–water partition coefficient (Wildman–Crippen LogP) is 2.39. The maximum absolute atomic E-state index is 13.1. The van der Waals surface area contributed by atoms with Crippen molar-refractivity contribution in [1.29, 1.82) is 0 Å². The number of carbonyl (C=O) groups excluding carboxylic acids is 2. The summed E-state index contributed by atoms with van der Waals surface area (Å²) in [4.78, 5) is 27.6. The van der Waals surface area contributed by atoms with Gasteiger partial charge in [0, 0.05) is 6.54 Å². The second-order valence-corrected chi connectivity index (χ2v) is 7.15. The van der Waals surface area contributed by atoms with E-state index in [0.717, 1.165) is 38.5 Å². The summed E-state index contributed by atoms with van der Waals surface area (Å²) >= 11 is 0. The van der Waals surface area contributed by atoms with E-state index in [1.165, 1.54) is 12.0 Å². The molecule has 1 heterocycles. The first-order valence-electron chi connectivity index (χ1n) is 8.30. The lowest BCUT2D eigenvalue weighted by Gasteiger charge is -2.47. The topological polar surface area (TPSA) is 49.4 Å². The van der Waals surface area contributed by atoms with Crippen LogP contribution in [0.15, 0.2) is 11.6 Å². The molecule has 0 aromatic carbocycles. The summed E-state index contributed by atoms with van der Waals surface area (Å²) in [5, 5.41) is 3.12. The fourth-order valence-corrected chi connectivity index (χ4v) is 3.76. The molecule has 1 atom stereocenters. The molecule has 1 aliphatic heterocycles. The summed E-state index contributed by atoms with van der Waals surface area (Å²) in [6.07, 6.45) is 9.08. The Bertz CT molecular complexity index is 469. The molecular weight excluding hydrogens is 264 g/mol. The van der Waals surface area contributed by atoms with E-state index in [-0.39, 0.29) is 17.9 Å². The van der Waals surface area contributed by atoms with Gasteiger partial charge < -0.3 is 10.2 Å². The van der Waals surface area contributed by atoms with Crippen LogP contribution in [0.5, 0.6) is 0 Å².